The van der Waals surface area contributed by atoms with E-state index in [1.54, 1.807) is 22.6 Å². The Morgan fingerprint density at radius 3 is 2.89 bits per heavy atom. The monoisotopic (exact) mass is 304 g/mol. The maximum atomic E-state index is 12.1. The van der Waals surface area contributed by atoms with Crippen molar-refractivity contribution in [3.63, 3.8) is 0 Å². The van der Waals surface area contributed by atoms with Gasteiger partial charge in [-0.1, -0.05) is 0 Å². The average molecular weight is 304 g/mol. The number of nitrogens with zero attached hydrogens (tertiary/aromatic N) is 2. The van der Waals surface area contributed by atoms with Crippen LogP contribution in [0, 0.1) is 0 Å². The normalized spacial score (nSPS) is 17.6. The van der Waals surface area contributed by atoms with E-state index in [2.05, 4.69) is 9.82 Å². The second-order valence-electron chi connectivity index (χ2n) is 4.79. The first-order chi connectivity index (χ1) is 9.01. The Labute approximate surface area is 118 Å². The maximum Gasteiger partial charge on any atom is 0.243 e. The van der Waals surface area contributed by atoms with Gasteiger partial charge in [0.05, 0.1) is 6.20 Å². The number of sulfonamides is 1. The van der Waals surface area contributed by atoms with Crippen LogP contribution in [-0.4, -0.2) is 42.3 Å². The van der Waals surface area contributed by atoms with E-state index in [1.165, 1.54) is 6.20 Å². The zero-order valence-corrected chi connectivity index (χ0v) is 12.6. The Bertz CT molecular complexity index is 523. The van der Waals surface area contributed by atoms with E-state index in [1.807, 2.05) is 6.26 Å². The zero-order chi connectivity index (χ0) is 13.9. The zero-order valence-electron chi connectivity index (χ0n) is 11.0. The summed E-state index contributed by atoms with van der Waals surface area (Å²) in [4.78, 5) is 0.224. The van der Waals surface area contributed by atoms with Crippen LogP contribution < -0.4 is 10.5 Å². The number of hydrogen-bond acceptors (Lipinski definition) is 5. The highest BCUT2D eigenvalue weighted by atomic mass is 32.2. The molecule has 1 aromatic rings. The molecule has 1 aliphatic rings. The van der Waals surface area contributed by atoms with Gasteiger partial charge in [0.25, 0.3) is 0 Å². The van der Waals surface area contributed by atoms with E-state index in [0.29, 0.717) is 19.6 Å². The molecule has 2 rings (SSSR count). The molecule has 0 radical (unpaired) electrons. The van der Waals surface area contributed by atoms with E-state index >= 15 is 0 Å². The van der Waals surface area contributed by atoms with Gasteiger partial charge in [-0.3, -0.25) is 4.68 Å². The number of thioether (sulfide) groups is 1. The van der Waals surface area contributed by atoms with Crippen molar-refractivity contribution in [2.24, 2.45) is 5.73 Å². The number of aryl methyl sites for hydroxylation is 1. The lowest BCUT2D eigenvalue weighted by molar-refractivity contribution is 0.575. The quantitative estimate of drug-likeness (QED) is 0.726. The highest BCUT2D eigenvalue weighted by Gasteiger charge is 2.42. The maximum absolute atomic E-state index is 12.1. The van der Waals surface area contributed by atoms with Crippen molar-refractivity contribution in [1.82, 2.24) is 14.5 Å². The minimum absolute atomic E-state index is 0.114. The smallest absolute Gasteiger partial charge is 0.243 e. The molecule has 1 heterocycles. The molecule has 0 spiro atoms. The number of nitrogens with two attached hydrogens (primary N) is 1. The van der Waals surface area contributed by atoms with Gasteiger partial charge in [0.15, 0.2) is 0 Å². The lowest BCUT2D eigenvalue weighted by atomic mass is 10.4. The number of aromatic nitrogens is 2. The fourth-order valence-electron chi connectivity index (χ4n) is 1.76. The van der Waals surface area contributed by atoms with Crippen molar-refractivity contribution in [1.29, 1.82) is 0 Å². The minimum Gasteiger partial charge on any atom is -0.330 e. The van der Waals surface area contributed by atoms with Gasteiger partial charge in [-0.25, -0.2) is 13.1 Å². The summed E-state index contributed by atoms with van der Waals surface area (Å²) in [6.07, 6.45) is 7.89. The van der Waals surface area contributed by atoms with Gasteiger partial charge in [-0.15, -0.1) is 0 Å². The lowest BCUT2D eigenvalue weighted by Gasteiger charge is -2.12. The number of hydrogen-bond donors (Lipinski definition) is 2. The largest absolute Gasteiger partial charge is 0.330 e. The molecule has 0 unspecified atom stereocenters. The Hall–Kier alpha value is -0.570. The molecule has 0 aromatic carbocycles. The molecule has 0 atom stereocenters. The van der Waals surface area contributed by atoms with E-state index in [9.17, 15) is 8.42 Å². The van der Waals surface area contributed by atoms with Crippen LogP contribution in [0.5, 0.6) is 0 Å². The van der Waals surface area contributed by atoms with Crippen molar-refractivity contribution in [3.05, 3.63) is 12.4 Å². The molecule has 108 valence electrons. The molecule has 0 bridgehead atoms. The summed E-state index contributed by atoms with van der Waals surface area (Å²) >= 11 is 1.73. The molecule has 0 amide bonds. The summed E-state index contributed by atoms with van der Waals surface area (Å²) in [6.45, 7) is 1.70. The van der Waals surface area contributed by atoms with Gasteiger partial charge in [-0.05, 0) is 32.1 Å². The first kappa shape index (κ1) is 14.8. The first-order valence-corrected chi connectivity index (χ1v) is 8.99. The topological polar surface area (TPSA) is 90.0 Å². The van der Waals surface area contributed by atoms with Crippen LogP contribution in [0.4, 0.5) is 0 Å². The van der Waals surface area contributed by atoms with Crippen molar-refractivity contribution in [3.8, 4) is 0 Å². The number of nitrogens with one attached hydrogen (secondary N) is 1. The standard InChI is InChI=1S/C11H20N4O2S2/c1-18-11(3-4-11)9-14-19(16,17)10-7-13-15(8-10)6-2-5-12/h7-8,14H,2-6,9,12H2,1H3. The lowest BCUT2D eigenvalue weighted by Crippen LogP contribution is -2.31. The summed E-state index contributed by atoms with van der Waals surface area (Å²) in [7, 11) is -3.45. The van der Waals surface area contributed by atoms with Gasteiger partial charge in [0, 0.05) is 24.0 Å². The summed E-state index contributed by atoms with van der Waals surface area (Å²) in [5, 5.41) is 4.04. The van der Waals surface area contributed by atoms with Crippen LogP contribution >= 0.6 is 11.8 Å². The molecule has 1 aliphatic carbocycles. The molecule has 3 N–H and O–H groups in total. The molecule has 0 aliphatic heterocycles. The van der Waals surface area contributed by atoms with E-state index in [0.717, 1.165) is 19.3 Å². The fraction of sp³-hybridized carbons (Fsp3) is 0.727. The highest BCUT2D eigenvalue weighted by molar-refractivity contribution is 8.00. The van der Waals surface area contributed by atoms with E-state index in [4.69, 9.17) is 5.73 Å². The molecular weight excluding hydrogens is 284 g/mol. The Kier molecular flexibility index (Phi) is 4.54. The molecule has 0 saturated heterocycles. The van der Waals surface area contributed by atoms with Crippen LogP contribution in [0.2, 0.25) is 0 Å². The summed E-state index contributed by atoms with van der Waals surface area (Å²) < 4.78 is 28.6. The van der Waals surface area contributed by atoms with Gasteiger partial charge >= 0.3 is 0 Å². The minimum atomic E-state index is -3.45. The first-order valence-electron chi connectivity index (χ1n) is 6.29. The molecule has 8 heteroatoms. The van der Waals surface area contributed by atoms with Crippen LogP contribution in [0.25, 0.3) is 0 Å². The van der Waals surface area contributed by atoms with E-state index in [-0.39, 0.29) is 9.64 Å². The Morgan fingerprint density at radius 2 is 2.32 bits per heavy atom. The van der Waals surface area contributed by atoms with Crippen molar-refractivity contribution < 1.29 is 8.42 Å². The van der Waals surface area contributed by atoms with Gasteiger partial charge in [0.1, 0.15) is 4.90 Å². The van der Waals surface area contributed by atoms with Gasteiger partial charge in [0.2, 0.25) is 10.0 Å². The third-order valence-electron chi connectivity index (χ3n) is 3.34. The van der Waals surface area contributed by atoms with E-state index < -0.39 is 10.0 Å². The molecule has 6 nitrogen and oxygen atoms in total. The van der Waals surface area contributed by atoms with Gasteiger partial charge < -0.3 is 5.73 Å². The van der Waals surface area contributed by atoms with Gasteiger partial charge in [-0.2, -0.15) is 16.9 Å². The Balaban J connectivity index is 1.97. The highest BCUT2D eigenvalue weighted by Crippen LogP contribution is 2.46. The third kappa shape index (κ3) is 3.71. The molecule has 1 fully saturated rings. The predicted molar refractivity (Wildman–Crippen MR) is 76.6 cm³/mol. The van der Waals surface area contributed by atoms with Crippen molar-refractivity contribution in [2.45, 2.75) is 35.4 Å². The molecule has 19 heavy (non-hydrogen) atoms. The summed E-state index contributed by atoms with van der Waals surface area (Å²) in [5.41, 5.74) is 5.41. The van der Waals surface area contributed by atoms with Crippen LogP contribution in [0.3, 0.4) is 0 Å². The molecule has 1 aromatic heterocycles. The second kappa shape index (κ2) is 5.82. The van der Waals surface area contributed by atoms with Crippen molar-refractivity contribution >= 4 is 21.8 Å². The molecular formula is C11H20N4O2S2. The Morgan fingerprint density at radius 1 is 1.58 bits per heavy atom. The van der Waals surface area contributed by atoms with Crippen molar-refractivity contribution in [2.75, 3.05) is 19.3 Å². The molecule has 1 saturated carbocycles. The summed E-state index contributed by atoms with van der Waals surface area (Å²) in [5.74, 6) is 0. The summed E-state index contributed by atoms with van der Waals surface area (Å²) in [6, 6.07) is 0. The average Bonchev–Trinajstić information content (AvgIpc) is 3.03. The number of rotatable bonds is 8. The van der Waals surface area contributed by atoms with Crippen LogP contribution in [0.1, 0.15) is 19.3 Å². The SMILES string of the molecule is CSC1(CNS(=O)(=O)c2cnn(CCCN)c2)CC1. The third-order valence-corrected chi connectivity index (χ3v) is 6.11. The van der Waals surface area contributed by atoms with Crippen LogP contribution in [-0.2, 0) is 16.6 Å². The second-order valence-corrected chi connectivity index (χ2v) is 7.83. The fourth-order valence-corrected chi connectivity index (χ4v) is 3.66. The van der Waals surface area contributed by atoms with Crippen LogP contribution in [0.15, 0.2) is 17.3 Å². The predicted octanol–water partition coefficient (Wildman–Crippen LogP) is 0.406.